The molecular formula is C17H19IN2O. The second-order valence-corrected chi connectivity index (χ2v) is 6.76. The molecular weight excluding hydrogens is 375 g/mol. The highest BCUT2D eigenvalue weighted by molar-refractivity contribution is 14.1. The third-order valence-corrected chi connectivity index (χ3v) is 5.62. The standard InChI is InChI=1S/C17H19IN2O/c1-2-13-14(18)15(21)20-16(19-13)17(10-6-7-11-17)12-8-4-3-5-9-12/h3-5,8-9H,2,6-7,10-11H2,1H3,(H,19,20,21). The third-order valence-electron chi connectivity index (χ3n) is 4.50. The second kappa shape index (κ2) is 5.91. The minimum absolute atomic E-state index is 0.000318. The molecule has 21 heavy (non-hydrogen) atoms. The second-order valence-electron chi connectivity index (χ2n) is 5.68. The molecule has 3 rings (SSSR count). The van der Waals surface area contributed by atoms with E-state index in [9.17, 15) is 4.79 Å². The lowest BCUT2D eigenvalue weighted by Crippen LogP contribution is -2.31. The van der Waals surface area contributed by atoms with Crippen LogP contribution in [0.5, 0.6) is 0 Å². The number of hydrogen-bond acceptors (Lipinski definition) is 2. The highest BCUT2D eigenvalue weighted by atomic mass is 127. The first-order valence-corrected chi connectivity index (χ1v) is 8.60. The van der Waals surface area contributed by atoms with Crippen LogP contribution in [0.2, 0.25) is 0 Å². The summed E-state index contributed by atoms with van der Waals surface area (Å²) >= 11 is 2.10. The number of aromatic nitrogens is 2. The number of nitrogens with one attached hydrogen (secondary N) is 1. The zero-order valence-corrected chi connectivity index (χ0v) is 14.3. The summed E-state index contributed by atoms with van der Waals surface area (Å²) in [6, 6.07) is 10.5. The Labute approximate surface area is 138 Å². The number of benzene rings is 1. The van der Waals surface area contributed by atoms with Crippen molar-refractivity contribution in [3.05, 3.63) is 61.3 Å². The van der Waals surface area contributed by atoms with Crippen LogP contribution < -0.4 is 5.56 Å². The fraction of sp³-hybridized carbons (Fsp3) is 0.412. The van der Waals surface area contributed by atoms with Crippen LogP contribution in [0.15, 0.2) is 35.1 Å². The minimum atomic E-state index is -0.116. The average Bonchev–Trinajstić information content (AvgIpc) is 3.01. The lowest BCUT2D eigenvalue weighted by Gasteiger charge is -2.29. The number of aromatic amines is 1. The van der Waals surface area contributed by atoms with E-state index in [-0.39, 0.29) is 11.0 Å². The molecule has 1 aliphatic rings. The van der Waals surface area contributed by atoms with Crippen LogP contribution in [0.25, 0.3) is 0 Å². The molecule has 2 aromatic rings. The average molecular weight is 394 g/mol. The van der Waals surface area contributed by atoms with Crippen molar-refractivity contribution in [2.75, 3.05) is 0 Å². The van der Waals surface area contributed by atoms with Crippen molar-refractivity contribution in [3.63, 3.8) is 0 Å². The molecule has 3 nitrogen and oxygen atoms in total. The first-order chi connectivity index (χ1) is 10.2. The third kappa shape index (κ3) is 2.54. The number of hydrogen-bond donors (Lipinski definition) is 1. The van der Waals surface area contributed by atoms with E-state index in [1.807, 2.05) is 6.07 Å². The molecule has 1 aromatic carbocycles. The molecule has 1 saturated carbocycles. The fourth-order valence-electron chi connectivity index (χ4n) is 3.36. The molecule has 1 N–H and O–H groups in total. The summed E-state index contributed by atoms with van der Waals surface area (Å²) in [7, 11) is 0. The lowest BCUT2D eigenvalue weighted by atomic mass is 9.78. The number of rotatable bonds is 3. The number of H-pyrrole nitrogens is 1. The highest BCUT2D eigenvalue weighted by Gasteiger charge is 2.39. The summed E-state index contributed by atoms with van der Waals surface area (Å²) in [6.07, 6.45) is 5.28. The number of nitrogens with zero attached hydrogens (tertiary/aromatic N) is 1. The van der Waals surface area contributed by atoms with Crippen molar-refractivity contribution in [3.8, 4) is 0 Å². The molecule has 0 saturated heterocycles. The summed E-state index contributed by atoms with van der Waals surface area (Å²) in [5, 5.41) is 0. The Bertz CT molecular complexity index is 688. The van der Waals surface area contributed by atoms with Crippen LogP contribution in [-0.2, 0) is 11.8 Å². The van der Waals surface area contributed by atoms with Gasteiger partial charge < -0.3 is 4.98 Å². The monoisotopic (exact) mass is 394 g/mol. The van der Waals surface area contributed by atoms with Gasteiger partial charge in [0.05, 0.1) is 14.7 Å². The molecule has 1 aromatic heterocycles. The van der Waals surface area contributed by atoms with Crippen LogP contribution >= 0.6 is 22.6 Å². The molecule has 1 fully saturated rings. The molecule has 0 aliphatic heterocycles. The topological polar surface area (TPSA) is 45.8 Å². The number of aryl methyl sites for hydroxylation is 1. The molecule has 110 valence electrons. The van der Waals surface area contributed by atoms with E-state index in [2.05, 4.69) is 58.8 Å². The van der Waals surface area contributed by atoms with Gasteiger partial charge in [-0.25, -0.2) is 4.98 Å². The smallest absolute Gasteiger partial charge is 0.264 e. The maximum atomic E-state index is 12.2. The Morgan fingerprint density at radius 3 is 2.52 bits per heavy atom. The maximum absolute atomic E-state index is 12.2. The molecule has 0 unspecified atom stereocenters. The van der Waals surface area contributed by atoms with Gasteiger partial charge in [0.15, 0.2) is 0 Å². The van der Waals surface area contributed by atoms with Crippen molar-refractivity contribution in [2.24, 2.45) is 0 Å². The van der Waals surface area contributed by atoms with Crippen LogP contribution in [0, 0.1) is 3.57 Å². The van der Waals surface area contributed by atoms with Gasteiger partial charge in [-0.15, -0.1) is 0 Å². The SMILES string of the molecule is CCc1nc(C2(c3ccccc3)CCCC2)[nH]c(=O)c1I. The van der Waals surface area contributed by atoms with Gasteiger partial charge in [-0.3, -0.25) is 4.79 Å². The van der Waals surface area contributed by atoms with Gasteiger partial charge in [0.2, 0.25) is 0 Å². The first kappa shape index (κ1) is 14.8. The Morgan fingerprint density at radius 2 is 1.90 bits per heavy atom. The molecule has 0 bridgehead atoms. The van der Waals surface area contributed by atoms with Gasteiger partial charge in [0.25, 0.3) is 5.56 Å². The van der Waals surface area contributed by atoms with Crippen LogP contribution in [0.1, 0.15) is 49.7 Å². The molecule has 0 radical (unpaired) electrons. The van der Waals surface area contributed by atoms with E-state index < -0.39 is 0 Å². The van der Waals surface area contributed by atoms with Gasteiger partial charge in [-0.1, -0.05) is 50.1 Å². The van der Waals surface area contributed by atoms with E-state index in [0.29, 0.717) is 0 Å². The molecule has 1 aliphatic carbocycles. The van der Waals surface area contributed by atoms with E-state index in [1.165, 1.54) is 18.4 Å². The summed E-state index contributed by atoms with van der Waals surface area (Å²) in [5.41, 5.74) is 2.07. The van der Waals surface area contributed by atoms with Crippen LogP contribution in [-0.4, -0.2) is 9.97 Å². The van der Waals surface area contributed by atoms with Crippen LogP contribution in [0.3, 0.4) is 0 Å². The van der Waals surface area contributed by atoms with Gasteiger partial charge in [-0.2, -0.15) is 0 Å². The Balaban J connectivity index is 2.19. The highest BCUT2D eigenvalue weighted by Crippen LogP contribution is 2.44. The largest absolute Gasteiger partial charge is 0.309 e. The predicted octanol–water partition coefficient (Wildman–Crippen LogP) is 3.80. The summed E-state index contributed by atoms with van der Waals surface area (Å²) < 4.78 is 0.722. The van der Waals surface area contributed by atoms with Crippen molar-refractivity contribution in [1.82, 2.24) is 9.97 Å². The molecule has 1 heterocycles. The van der Waals surface area contributed by atoms with Crippen molar-refractivity contribution >= 4 is 22.6 Å². The normalized spacial score (nSPS) is 17.0. The van der Waals surface area contributed by atoms with Crippen molar-refractivity contribution in [2.45, 2.75) is 44.4 Å². The van der Waals surface area contributed by atoms with Crippen molar-refractivity contribution in [1.29, 1.82) is 0 Å². The Morgan fingerprint density at radius 1 is 1.24 bits per heavy atom. The van der Waals surface area contributed by atoms with Gasteiger partial charge >= 0.3 is 0 Å². The van der Waals surface area contributed by atoms with Gasteiger partial charge in [0.1, 0.15) is 5.82 Å². The summed E-state index contributed by atoms with van der Waals surface area (Å²) in [4.78, 5) is 20.1. The number of halogens is 1. The first-order valence-electron chi connectivity index (χ1n) is 7.52. The van der Waals surface area contributed by atoms with E-state index >= 15 is 0 Å². The summed E-state index contributed by atoms with van der Waals surface area (Å²) in [5.74, 6) is 0.855. The maximum Gasteiger partial charge on any atom is 0.264 e. The van der Waals surface area contributed by atoms with Crippen LogP contribution in [0.4, 0.5) is 0 Å². The molecule has 0 spiro atoms. The van der Waals surface area contributed by atoms with Gasteiger partial charge in [0, 0.05) is 0 Å². The van der Waals surface area contributed by atoms with E-state index in [0.717, 1.165) is 34.4 Å². The molecule has 4 heteroatoms. The Kier molecular flexibility index (Phi) is 4.15. The Hall–Kier alpha value is -1.17. The fourth-order valence-corrected chi connectivity index (χ4v) is 4.00. The van der Waals surface area contributed by atoms with E-state index in [1.54, 1.807) is 0 Å². The molecule has 0 atom stereocenters. The van der Waals surface area contributed by atoms with Gasteiger partial charge in [-0.05, 0) is 47.4 Å². The lowest BCUT2D eigenvalue weighted by molar-refractivity contribution is 0.494. The zero-order valence-electron chi connectivity index (χ0n) is 12.2. The predicted molar refractivity (Wildman–Crippen MR) is 92.6 cm³/mol. The molecule has 0 amide bonds. The van der Waals surface area contributed by atoms with Crippen molar-refractivity contribution < 1.29 is 0 Å². The van der Waals surface area contributed by atoms with E-state index in [4.69, 9.17) is 4.98 Å². The summed E-state index contributed by atoms with van der Waals surface area (Å²) in [6.45, 7) is 2.05. The quantitative estimate of drug-likeness (QED) is 0.806. The minimum Gasteiger partial charge on any atom is -0.309 e. The zero-order chi connectivity index (χ0) is 14.9.